The number of nitrogens with one attached hydrogen (secondary N) is 1. The molecule has 35 heavy (non-hydrogen) atoms. The van der Waals surface area contributed by atoms with E-state index in [1.54, 1.807) is 6.92 Å². The summed E-state index contributed by atoms with van der Waals surface area (Å²) < 4.78 is 12.5. The molecule has 1 unspecified atom stereocenters. The molecule has 0 saturated carbocycles. The highest BCUT2D eigenvalue weighted by atomic mass is 35.5. The highest BCUT2D eigenvalue weighted by Crippen LogP contribution is 2.14. The maximum atomic E-state index is 13.1. The maximum Gasteiger partial charge on any atom is 0.326 e. The lowest BCUT2D eigenvalue weighted by molar-refractivity contribution is -0.145. The Labute approximate surface area is 209 Å². The van der Waals surface area contributed by atoms with Crippen molar-refractivity contribution in [3.63, 3.8) is 0 Å². The van der Waals surface area contributed by atoms with Crippen LogP contribution in [0.4, 0.5) is 5.82 Å². The third kappa shape index (κ3) is 6.91. The maximum absolute atomic E-state index is 13.1. The predicted molar refractivity (Wildman–Crippen MR) is 134 cm³/mol. The van der Waals surface area contributed by atoms with Crippen molar-refractivity contribution in [2.75, 3.05) is 31.6 Å². The van der Waals surface area contributed by atoms with Gasteiger partial charge in [-0.25, -0.2) is 4.98 Å². The first-order valence-electron chi connectivity index (χ1n) is 11.6. The van der Waals surface area contributed by atoms with E-state index in [0.29, 0.717) is 18.8 Å². The summed E-state index contributed by atoms with van der Waals surface area (Å²) in [5.74, 6) is -0.445. The number of halogens is 1. The highest BCUT2D eigenvalue weighted by Gasteiger charge is 2.22. The van der Waals surface area contributed by atoms with Gasteiger partial charge in [0.25, 0.3) is 5.56 Å². The van der Waals surface area contributed by atoms with Gasteiger partial charge in [-0.1, -0.05) is 72.3 Å². The fourth-order valence-electron chi connectivity index (χ4n) is 3.94. The van der Waals surface area contributed by atoms with Crippen molar-refractivity contribution < 1.29 is 14.3 Å². The molecule has 184 valence electrons. The first-order chi connectivity index (χ1) is 17.0. The van der Waals surface area contributed by atoms with E-state index in [2.05, 4.69) is 27.3 Å². The first kappa shape index (κ1) is 24.9. The van der Waals surface area contributed by atoms with Crippen LogP contribution >= 0.6 is 11.6 Å². The van der Waals surface area contributed by atoms with Gasteiger partial charge in [-0.05, 0) is 18.1 Å². The van der Waals surface area contributed by atoms with E-state index in [0.717, 1.165) is 25.2 Å². The summed E-state index contributed by atoms with van der Waals surface area (Å²) in [5.41, 5.74) is 2.09. The number of morpholine rings is 1. The molecule has 2 heterocycles. The Balaban J connectivity index is 1.36. The van der Waals surface area contributed by atoms with Gasteiger partial charge in [-0.15, -0.1) is 0 Å². The van der Waals surface area contributed by atoms with Gasteiger partial charge in [0.2, 0.25) is 0 Å². The van der Waals surface area contributed by atoms with Crippen molar-refractivity contribution in [1.82, 2.24) is 14.5 Å². The van der Waals surface area contributed by atoms with Crippen LogP contribution in [-0.2, 0) is 34.0 Å². The number of benzene rings is 2. The molecule has 4 rings (SSSR count). The van der Waals surface area contributed by atoms with Gasteiger partial charge < -0.3 is 14.8 Å². The lowest BCUT2D eigenvalue weighted by Gasteiger charge is -2.33. The van der Waals surface area contributed by atoms with Gasteiger partial charge in [0.15, 0.2) is 11.0 Å². The summed E-state index contributed by atoms with van der Waals surface area (Å²) in [5, 5.41) is 3.23. The van der Waals surface area contributed by atoms with Crippen LogP contribution in [0.2, 0.25) is 5.15 Å². The number of hydrogen-bond donors (Lipinski definition) is 1. The van der Waals surface area contributed by atoms with E-state index < -0.39 is 11.5 Å². The van der Waals surface area contributed by atoms with Crippen LogP contribution in [0.3, 0.4) is 0 Å². The van der Waals surface area contributed by atoms with Crippen LogP contribution < -0.4 is 10.9 Å². The topological polar surface area (TPSA) is 85.7 Å². The standard InChI is InChI=1S/C26H29ClN4O4/c1-19-24(27)29-25(26(33)31(19)17-23(32)35-18-21-10-6-3-7-11-21)28-14-22-16-30(12-13-34-22)15-20-8-4-2-5-9-20/h2-11,22H,12-18H2,1H3,(H,28,29). The zero-order valence-electron chi connectivity index (χ0n) is 19.7. The summed E-state index contributed by atoms with van der Waals surface area (Å²) in [4.78, 5) is 32.0. The molecule has 1 aliphatic rings. The number of carbonyl (C=O) groups is 1. The Bertz CT molecular complexity index is 1190. The molecular weight excluding hydrogens is 468 g/mol. The van der Waals surface area contributed by atoms with Crippen LogP contribution in [0.25, 0.3) is 0 Å². The molecule has 0 amide bonds. The summed E-state index contributed by atoms with van der Waals surface area (Å²) in [6.45, 7) is 4.95. The van der Waals surface area contributed by atoms with Crippen molar-refractivity contribution in [2.24, 2.45) is 0 Å². The van der Waals surface area contributed by atoms with Gasteiger partial charge in [0, 0.05) is 26.2 Å². The number of ether oxygens (including phenoxy) is 2. The molecule has 1 saturated heterocycles. The van der Waals surface area contributed by atoms with E-state index in [4.69, 9.17) is 21.1 Å². The molecule has 9 heteroatoms. The molecular formula is C26H29ClN4O4. The van der Waals surface area contributed by atoms with Crippen LogP contribution in [0.1, 0.15) is 16.8 Å². The van der Waals surface area contributed by atoms with Crippen molar-refractivity contribution in [3.05, 3.63) is 93.0 Å². The Morgan fingerprint density at radius 3 is 2.54 bits per heavy atom. The Morgan fingerprint density at radius 1 is 1.14 bits per heavy atom. The molecule has 3 aromatic rings. The second-order valence-corrected chi connectivity index (χ2v) is 8.83. The zero-order chi connectivity index (χ0) is 24.6. The van der Waals surface area contributed by atoms with Crippen LogP contribution in [0.15, 0.2) is 65.5 Å². The minimum Gasteiger partial charge on any atom is -0.459 e. The minimum atomic E-state index is -0.528. The lowest BCUT2D eigenvalue weighted by Crippen LogP contribution is -2.45. The molecule has 2 aromatic carbocycles. The Kier molecular flexibility index (Phi) is 8.52. The van der Waals surface area contributed by atoms with E-state index in [-0.39, 0.29) is 30.2 Å². The van der Waals surface area contributed by atoms with Crippen molar-refractivity contribution in [3.8, 4) is 0 Å². The molecule has 1 atom stereocenters. The van der Waals surface area contributed by atoms with E-state index in [9.17, 15) is 9.59 Å². The average Bonchev–Trinajstić information content (AvgIpc) is 2.88. The Hall–Kier alpha value is -3.20. The van der Waals surface area contributed by atoms with Gasteiger partial charge >= 0.3 is 5.97 Å². The Morgan fingerprint density at radius 2 is 1.83 bits per heavy atom. The van der Waals surface area contributed by atoms with Crippen molar-refractivity contribution in [2.45, 2.75) is 32.7 Å². The fourth-order valence-corrected chi connectivity index (χ4v) is 4.12. The molecule has 8 nitrogen and oxygen atoms in total. The number of carbonyl (C=O) groups excluding carboxylic acids is 1. The van der Waals surface area contributed by atoms with Crippen LogP contribution in [0.5, 0.6) is 0 Å². The third-order valence-corrected chi connectivity index (χ3v) is 6.22. The number of anilines is 1. The molecule has 1 N–H and O–H groups in total. The molecule has 0 bridgehead atoms. The van der Waals surface area contributed by atoms with Gasteiger partial charge in [-0.3, -0.25) is 19.1 Å². The van der Waals surface area contributed by atoms with Gasteiger partial charge in [0.1, 0.15) is 13.2 Å². The van der Waals surface area contributed by atoms with Crippen molar-refractivity contribution in [1.29, 1.82) is 0 Å². The number of rotatable bonds is 9. The molecule has 1 aliphatic heterocycles. The average molecular weight is 497 g/mol. The van der Waals surface area contributed by atoms with Gasteiger partial charge in [0.05, 0.1) is 18.4 Å². The predicted octanol–water partition coefficient (Wildman–Crippen LogP) is 3.26. The summed E-state index contributed by atoms with van der Waals surface area (Å²) in [7, 11) is 0. The summed E-state index contributed by atoms with van der Waals surface area (Å²) >= 11 is 6.28. The number of esters is 1. The number of aromatic nitrogens is 2. The quantitative estimate of drug-likeness (QED) is 0.455. The first-order valence-corrected chi connectivity index (χ1v) is 12.0. The van der Waals surface area contributed by atoms with E-state index in [1.165, 1.54) is 10.1 Å². The number of nitrogens with zero attached hydrogens (tertiary/aromatic N) is 3. The summed E-state index contributed by atoms with van der Waals surface area (Å²) in [6.07, 6.45) is -0.113. The SMILES string of the molecule is Cc1c(Cl)nc(NCC2CN(Cc3ccccc3)CCO2)c(=O)n1CC(=O)OCc1ccccc1. The van der Waals surface area contributed by atoms with Gasteiger partial charge in [-0.2, -0.15) is 0 Å². The zero-order valence-corrected chi connectivity index (χ0v) is 20.4. The third-order valence-electron chi connectivity index (χ3n) is 5.86. The van der Waals surface area contributed by atoms with Crippen molar-refractivity contribution >= 4 is 23.4 Å². The molecule has 1 fully saturated rings. The molecule has 0 radical (unpaired) electrons. The molecule has 0 aliphatic carbocycles. The minimum absolute atomic E-state index is 0.0836. The summed E-state index contributed by atoms with van der Waals surface area (Å²) in [6, 6.07) is 19.6. The second-order valence-electron chi connectivity index (χ2n) is 8.47. The monoisotopic (exact) mass is 496 g/mol. The molecule has 0 spiro atoms. The second kappa shape index (κ2) is 12.0. The van der Waals surface area contributed by atoms with E-state index in [1.807, 2.05) is 48.5 Å². The van der Waals surface area contributed by atoms with Crippen LogP contribution in [0, 0.1) is 6.92 Å². The van der Waals surface area contributed by atoms with E-state index >= 15 is 0 Å². The number of hydrogen-bond acceptors (Lipinski definition) is 7. The lowest BCUT2D eigenvalue weighted by atomic mass is 10.2. The highest BCUT2D eigenvalue weighted by molar-refractivity contribution is 6.30. The smallest absolute Gasteiger partial charge is 0.326 e. The normalized spacial score (nSPS) is 16.1. The largest absolute Gasteiger partial charge is 0.459 e. The van der Waals surface area contributed by atoms with Crippen LogP contribution in [-0.4, -0.2) is 52.8 Å². The fraction of sp³-hybridized carbons (Fsp3) is 0.346. The molecule has 1 aromatic heterocycles.